The molecule has 144 valence electrons. The number of nitrogens with zero attached hydrogens (tertiary/aromatic N) is 4. The van der Waals surface area contributed by atoms with Crippen molar-refractivity contribution in [1.82, 2.24) is 4.98 Å². The average molecular weight is 383 g/mol. The van der Waals surface area contributed by atoms with Gasteiger partial charge in [-0.15, -0.1) is 0 Å². The molecule has 3 aromatic rings. The molecule has 0 aliphatic carbocycles. The molecule has 6 nitrogen and oxygen atoms in total. The van der Waals surface area contributed by atoms with E-state index in [2.05, 4.69) is 50.4 Å². The molecule has 29 heavy (non-hydrogen) atoms. The summed E-state index contributed by atoms with van der Waals surface area (Å²) in [6.07, 6.45) is 1.66. The third-order valence-electron chi connectivity index (χ3n) is 5.04. The number of piperazine rings is 1. The van der Waals surface area contributed by atoms with Crippen molar-refractivity contribution in [1.29, 1.82) is 5.26 Å². The van der Waals surface area contributed by atoms with Gasteiger partial charge in [0.25, 0.3) is 5.91 Å². The number of anilines is 3. The van der Waals surface area contributed by atoms with Crippen LogP contribution < -0.4 is 15.1 Å². The number of aromatic nitrogens is 1. The SMILES string of the molecule is N#Cc1ccccc1NC(=O)c1cc(N2CCN(c3ccccc3)CC2)ccn1. The third kappa shape index (κ3) is 4.19. The first kappa shape index (κ1) is 18.5. The highest BCUT2D eigenvalue weighted by atomic mass is 16.1. The lowest BCUT2D eigenvalue weighted by molar-refractivity contribution is 0.102. The first-order valence-corrected chi connectivity index (χ1v) is 9.56. The predicted octanol–water partition coefficient (Wildman–Crippen LogP) is 3.53. The zero-order chi connectivity index (χ0) is 20.1. The van der Waals surface area contributed by atoms with Gasteiger partial charge < -0.3 is 15.1 Å². The van der Waals surface area contributed by atoms with E-state index < -0.39 is 0 Å². The molecule has 0 unspecified atom stereocenters. The van der Waals surface area contributed by atoms with Crippen LogP contribution in [-0.2, 0) is 0 Å². The number of para-hydroxylation sites is 2. The fourth-order valence-electron chi connectivity index (χ4n) is 3.48. The minimum atomic E-state index is -0.322. The van der Waals surface area contributed by atoms with Gasteiger partial charge in [0.15, 0.2) is 0 Å². The molecule has 1 amide bonds. The molecule has 1 fully saturated rings. The minimum Gasteiger partial charge on any atom is -0.368 e. The van der Waals surface area contributed by atoms with Gasteiger partial charge in [-0.1, -0.05) is 30.3 Å². The van der Waals surface area contributed by atoms with Gasteiger partial charge in [0.1, 0.15) is 11.8 Å². The summed E-state index contributed by atoms with van der Waals surface area (Å²) >= 11 is 0. The first-order chi connectivity index (χ1) is 14.2. The van der Waals surface area contributed by atoms with Crippen LogP contribution in [0.5, 0.6) is 0 Å². The largest absolute Gasteiger partial charge is 0.368 e. The number of carbonyl (C=O) groups excluding carboxylic acids is 1. The first-order valence-electron chi connectivity index (χ1n) is 9.56. The molecule has 0 radical (unpaired) electrons. The summed E-state index contributed by atoms with van der Waals surface area (Å²) in [5, 5.41) is 12.0. The van der Waals surface area contributed by atoms with Crippen molar-refractivity contribution in [2.45, 2.75) is 0 Å². The molecule has 0 atom stereocenters. The van der Waals surface area contributed by atoms with Crippen molar-refractivity contribution in [3.63, 3.8) is 0 Å². The van der Waals surface area contributed by atoms with E-state index in [1.807, 2.05) is 18.2 Å². The summed E-state index contributed by atoms with van der Waals surface area (Å²) in [6.45, 7) is 3.58. The molecule has 4 rings (SSSR count). The van der Waals surface area contributed by atoms with E-state index in [1.165, 1.54) is 5.69 Å². The second-order valence-corrected chi connectivity index (χ2v) is 6.82. The maximum atomic E-state index is 12.6. The third-order valence-corrected chi connectivity index (χ3v) is 5.04. The smallest absolute Gasteiger partial charge is 0.274 e. The van der Waals surface area contributed by atoms with Crippen LogP contribution in [0.4, 0.5) is 17.1 Å². The van der Waals surface area contributed by atoms with E-state index in [9.17, 15) is 10.1 Å². The molecule has 0 spiro atoms. The molecule has 1 aromatic heterocycles. The number of hydrogen-bond acceptors (Lipinski definition) is 5. The molecule has 2 heterocycles. The van der Waals surface area contributed by atoms with Crippen LogP contribution in [0.25, 0.3) is 0 Å². The fourth-order valence-corrected chi connectivity index (χ4v) is 3.48. The Kier molecular flexibility index (Phi) is 5.39. The van der Waals surface area contributed by atoms with Crippen molar-refractivity contribution in [2.24, 2.45) is 0 Å². The van der Waals surface area contributed by atoms with Crippen LogP contribution in [0.3, 0.4) is 0 Å². The van der Waals surface area contributed by atoms with Gasteiger partial charge in [0.2, 0.25) is 0 Å². The maximum Gasteiger partial charge on any atom is 0.274 e. The van der Waals surface area contributed by atoms with Crippen LogP contribution >= 0.6 is 0 Å². The van der Waals surface area contributed by atoms with E-state index in [0.717, 1.165) is 31.9 Å². The van der Waals surface area contributed by atoms with Gasteiger partial charge in [0.05, 0.1) is 11.3 Å². The Bertz CT molecular complexity index is 1040. The Morgan fingerprint density at radius 2 is 1.55 bits per heavy atom. The second kappa shape index (κ2) is 8.44. The Balaban J connectivity index is 1.44. The van der Waals surface area contributed by atoms with Crippen LogP contribution in [0, 0.1) is 11.3 Å². The lowest BCUT2D eigenvalue weighted by Gasteiger charge is -2.37. The fraction of sp³-hybridized carbons (Fsp3) is 0.174. The number of pyridine rings is 1. The summed E-state index contributed by atoms with van der Waals surface area (Å²) in [5.41, 5.74) is 3.46. The Morgan fingerprint density at radius 1 is 0.897 bits per heavy atom. The number of nitrogens with one attached hydrogen (secondary N) is 1. The monoisotopic (exact) mass is 383 g/mol. The van der Waals surface area contributed by atoms with Gasteiger partial charge in [-0.25, -0.2) is 0 Å². The number of amides is 1. The lowest BCUT2D eigenvalue weighted by atomic mass is 10.2. The van der Waals surface area contributed by atoms with Crippen LogP contribution in [0.15, 0.2) is 72.9 Å². The zero-order valence-corrected chi connectivity index (χ0v) is 16.0. The number of hydrogen-bond donors (Lipinski definition) is 1. The summed E-state index contributed by atoms with van der Waals surface area (Å²) in [5.74, 6) is -0.322. The minimum absolute atomic E-state index is 0.322. The van der Waals surface area contributed by atoms with Crippen LogP contribution in [0.1, 0.15) is 16.1 Å². The van der Waals surface area contributed by atoms with E-state index in [0.29, 0.717) is 16.9 Å². The molecule has 0 saturated carbocycles. The second-order valence-electron chi connectivity index (χ2n) is 6.82. The van der Waals surface area contributed by atoms with E-state index in [1.54, 1.807) is 30.5 Å². The topological polar surface area (TPSA) is 72.3 Å². The molecular weight excluding hydrogens is 362 g/mol. The summed E-state index contributed by atoms with van der Waals surface area (Å²) in [4.78, 5) is 21.5. The molecular formula is C23H21N5O. The maximum absolute atomic E-state index is 12.6. The van der Waals surface area contributed by atoms with Crippen molar-refractivity contribution in [3.8, 4) is 6.07 Å². The van der Waals surface area contributed by atoms with Crippen molar-refractivity contribution in [3.05, 3.63) is 84.2 Å². The van der Waals surface area contributed by atoms with E-state index >= 15 is 0 Å². The molecule has 1 aliphatic heterocycles. The van der Waals surface area contributed by atoms with Crippen molar-refractivity contribution < 1.29 is 4.79 Å². The van der Waals surface area contributed by atoms with Gasteiger partial charge in [-0.3, -0.25) is 9.78 Å². The highest BCUT2D eigenvalue weighted by Gasteiger charge is 2.19. The normalized spacial score (nSPS) is 13.6. The number of carbonyl (C=O) groups is 1. The lowest BCUT2D eigenvalue weighted by Crippen LogP contribution is -2.46. The van der Waals surface area contributed by atoms with Crippen LogP contribution in [-0.4, -0.2) is 37.1 Å². The number of nitriles is 1. The number of rotatable bonds is 4. The van der Waals surface area contributed by atoms with Gasteiger partial charge in [-0.2, -0.15) is 5.26 Å². The zero-order valence-electron chi connectivity index (χ0n) is 16.0. The summed E-state index contributed by atoms with van der Waals surface area (Å²) in [7, 11) is 0. The Hall–Kier alpha value is -3.85. The molecule has 2 aromatic carbocycles. The van der Waals surface area contributed by atoms with Crippen molar-refractivity contribution in [2.75, 3.05) is 41.3 Å². The van der Waals surface area contributed by atoms with Gasteiger partial charge in [-0.05, 0) is 36.4 Å². The Morgan fingerprint density at radius 3 is 2.28 bits per heavy atom. The van der Waals surface area contributed by atoms with E-state index in [4.69, 9.17) is 0 Å². The molecule has 0 bridgehead atoms. The Labute approximate surface area is 170 Å². The molecule has 1 saturated heterocycles. The quantitative estimate of drug-likeness (QED) is 0.746. The molecule has 1 N–H and O–H groups in total. The van der Waals surface area contributed by atoms with Gasteiger partial charge in [0, 0.05) is 43.8 Å². The standard InChI is InChI=1S/C23H21N5O/c24-17-18-6-4-5-9-21(18)26-23(29)22-16-20(10-11-25-22)28-14-12-27(13-15-28)19-7-2-1-3-8-19/h1-11,16H,12-15H2,(H,26,29). The highest BCUT2D eigenvalue weighted by molar-refractivity contribution is 6.04. The van der Waals surface area contributed by atoms with Gasteiger partial charge >= 0.3 is 0 Å². The van der Waals surface area contributed by atoms with Crippen LogP contribution in [0.2, 0.25) is 0 Å². The van der Waals surface area contributed by atoms with Crippen molar-refractivity contribution >= 4 is 23.0 Å². The highest BCUT2D eigenvalue weighted by Crippen LogP contribution is 2.21. The molecule has 6 heteroatoms. The molecule has 1 aliphatic rings. The predicted molar refractivity (Wildman–Crippen MR) is 114 cm³/mol. The van der Waals surface area contributed by atoms with E-state index in [-0.39, 0.29) is 5.91 Å². The summed E-state index contributed by atoms with van der Waals surface area (Å²) in [6, 6.07) is 23.2. The number of benzene rings is 2. The average Bonchev–Trinajstić information content (AvgIpc) is 2.80. The summed E-state index contributed by atoms with van der Waals surface area (Å²) < 4.78 is 0.